The van der Waals surface area contributed by atoms with Crippen LogP contribution in [-0.4, -0.2) is 42.0 Å². The van der Waals surface area contributed by atoms with Crippen molar-refractivity contribution < 1.29 is 23.0 Å². The minimum Gasteiger partial charge on any atom is -0.771 e. The Morgan fingerprint density at radius 3 is 2.61 bits per heavy atom. The van der Waals surface area contributed by atoms with E-state index in [9.17, 15) is 18.4 Å². The Morgan fingerprint density at radius 1 is 1.19 bits per heavy atom. The molecule has 0 saturated heterocycles. The van der Waals surface area contributed by atoms with Crippen LogP contribution in [-0.2, 0) is 27.7 Å². The van der Waals surface area contributed by atoms with Crippen molar-refractivity contribution in [2.75, 3.05) is 17.3 Å². The van der Waals surface area contributed by atoms with Crippen LogP contribution in [0.5, 0.6) is 11.5 Å². The summed E-state index contributed by atoms with van der Waals surface area (Å²) in [6.45, 7) is 4.30. The fraction of sp³-hybridized carbons (Fsp3) is 0.240. The summed E-state index contributed by atoms with van der Waals surface area (Å²) in [5.41, 5.74) is 1.61. The van der Waals surface area contributed by atoms with Gasteiger partial charge in [-0.2, -0.15) is 5.10 Å². The van der Waals surface area contributed by atoms with E-state index in [2.05, 4.69) is 5.10 Å². The second-order valence-electron chi connectivity index (χ2n) is 7.98. The number of para-hydroxylation sites is 1. The predicted molar refractivity (Wildman–Crippen MR) is 136 cm³/mol. The van der Waals surface area contributed by atoms with Crippen LogP contribution in [0.1, 0.15) is 20.1 Å². The molecule has 2 atom stereocenters. The quantitative estimate of drug-likeness (QED) is 0.235. The first-order valence-corrected chi connectivity index (χ1v) is 12.4. The highest BCUT2D eigenvalue weighted by Crippen LogP contribution is 2.38. The molecule has 2 aromatic carbocycles. The van der Waals surface area contributed by atoms with Crippen molar-refractivity contribution in [1.82, 2.24) is 14.3 Å². The molecule has 188 valence electrons. The molecule has 4 rings (SSSR count). The number of fused-ring (bicyclic) bond motifs is 1. The van der Waals surface area contributed by atoms with Gasteiger partial charge in [-0.15, -0.1) is 0 Å². The summed E-state index contributed by atoms with van der Waals surface area (Å²) in [5, 5.41) is 5.07. The molecule has 0 fully saturated rings. The molecule has 0 N–H and O–H groups in total. The molecule has 0 saturated carbocycles. The number of nitrogens with zero attached hydrogens (tertiary/aromatic N) is 4. The highest BCUT2D eigenvalue weighted by atomic mass is 32.2. The SMILES string of the molecule is CCN(CS(=O)[O-])c1ccc(Oc2ccccc2)c(-c2nn(C)c(=O)c3c2ccn3C(C)OC=O)c1. The predicted octanol–water partition coefficient (Wildman–Crippen LogP) is 3.55. The number of benzene rings is 2. The topological polar surface area (TPSA) is 119 Å². The van der Waals surface area contributed by atoms with Gasteiger partial charge in [0, 0.05) is 36.4 Å². The van der Waals surface area contributed by atoms with E-state index in [4.69, 9.17) is 9.47 Å². The fourth-order valence-electron chi connectivity index (χ4n) is 3.99. The zero-order chi connectivity index (χ0) is 25.8. The smallest absolute Gasteiger partial charge is 0.295 e. The first-order valence-electron chi connectivity index (χ1n) is 11.2. The second kappa shape index (κ2) is 10.8. The van der Waals surface area contributed by atoms with E-state index in [0.29, 0.717) is 52.4 Å². The van der Waals surface area contributed by atoms with Crippen LogP contribution in [0.4, 0.5) is 5.69 Å². The lowest BCUT2D eigenvalue weighted by molar-refractivity contribution is -0.136. The number of ether oxygens (including phenoxy) is 2. The molecular formula is C25H25N4O6S-. The van der Waals surface area contributed by atoms with Crippen LogP contribution in [0.15, 0.2) is 65.6 Å². The van der Waals surface area contributed by atoms with Crippen molar-refractivity contribution in [3.63, 3.8) is 0 Å². The number of carbonyl (C=O) groups excluding carboxylic acids is 1. The third-order valence-electron chi connectivity index (χ3n) is 5.76. The summed E-state index contributed by atoms with van der Waals surface area (Å²) in [6.07, 6.45) is 0.947. The fourth-order valence-corrected chi connectivity index (χ4v) is 4.58. The number of anilines is 1. The number of rotatable bonds is 10. The van der Waals surface area contributed by atoms with E-state index in [-0.39, 0.29) is 11.4 Å². The average Bonchev–Trinajstić information content (AvgIpc) is 3.31. The van der Waals surface area contributed by atoms with Crippen LogP contribution in [0, 0.1) is 0 Å². The van der Waals surface area contributed by atoms with Gasteiger partial charge in [0.05, 0.1) is 5.88 Å². The molecule has 0 aliphatic heterocycles. The van der Waals surface area contributed by atoms with Crippen LogP contribution in [0.25, 0.3) is 22.2 Å². The van der Waals surface area contributed by atoms with Crippen molar-refractivity contribution in [2.45, 2.75) is 20.1 Å². The standard InChI is InChI=1S/C25H26N4O6S/c1-4-28(15-36(32)33)18-10-11-22(35-19-8-6-5-7-9-19)21(14-18)23-20-12-13-29(17(2)34-16-30)24(20)25(31)27(3)26-23/h5-14,16-17H,4,15H2,1-3H3,(H,32,33)/p-1. The van der Waals surface area contributed by atoms with Crippen LogP contribution >= 0.6 is 0 Å². The summed E-state index contributed by atoms with van der Waals surface area (Å²) < 4.78 is 36.9. The van der Waals surface area contributed by atoms with Gasteiger partial charge >= 0.3 is 0 Å². The Balaban J connectivity index is 1.96. The van der Waals surface area contributed by atoms with Gasteiger partial charge in [0.1, 0.15) is 22.7 Å². The van der Waals surface area contributed by atoms with Gasteiger partial charge in [0.15, 0.2) is 6.23 Å². The maximum Gasteiger partial charge on any atom is 0.295 e. The maximum atomic E-state index is 13.0. The molecule has 0 aliphatic rings. The molecule has 10 nitrogen and oxygen atoms in total. The van der Waals surface area contributed by atoms with Crippen molar-refractivity contribution >= 4 is 34.1 Å². The maximum absolute atomic E-state index is 13.0. The minimum atomic E-state index is -2.28. The van der Waals surface area contributed by atoms with Gasteiger partial charge in [-0.25, -0.2) is 4.68 Å². The molecule has 0 radical (unpaired) electrons. The van der Waals surface area contributed by atoms with Gasteiger partial charge in [-0.3, -0.25) is 13.8 Å². The number of hydrogen-bond donors (Lipinski definition) is 0. The zero-order valence-electron chi connectivity index (χ0n) is 20.0. The van der Waals surface area contributed by atoms with Crippen molar-refractivity contribution in [2.24, 2.45) is 7.05 Å². The lowest BCUT2D eigenvalue weighted by Gasteiger charge is -2.25. The summed E-state index contributed by atoms with van der Waals surface area (Å²) in [5.74, 6) is 0.898. The van der Waals surface area contributed by atoms with E-state index in [0.717, 1.165) is 0 Å². The Kier molecular flexibility index (Phi) is 7.51. The zero-order valence-corrected chi connectivity index (χ0v) is 20.8. The first-order chi connectivity index (χ1) is 17.3. The van der Waals surface area contributed by atoms with Crippen molar-refractivity contribution in [1.29, 1.82) is 0 Å². The highest BCUT2D eigenvalue weighted by Gasteiger charge is 2.21. The summed E-state index contributed by atoms with van der Waals surface area (Å²) in [4.78, 5) is 25.7. The van der Waals surface area contributed by atoms with E-state index < -0.39 is 17.3 Å². The van der Waals surface area contributed by atoms with Crippen LogP contribution in [0.2, 0.25) is 0 Å². The van der Waals surface area contributed by atoms with Crippen molar-refractivity contribution in [3.05, 3.63) is 71.1 Å². The average molecular weight is 510 g/mol. The highest BCUT2D eigenvalue weighted by molar-refractivity contribution is 7.79. The second-order valence-corrected chi connectivity index (χ2v) is 8.84. The molecule has 0 amide bonds. The van der Waals surface area contributed by atoms with E-state index in [1.54, 1.807) is 46.9 Å². The Hall–Kier alpha value is -3.96. The molecule has 11 heteroatoms. The van der Waals surface area contributed by atoms with Crippen LogP contribution in [0.3, 0.4) is 0 Å². The number of aryl methyl sites for hydroxylation is 1. The summed E-state index contributed by atoms with van der Waals surface area (Å²) in [7, 11) is 1.54. The van der Waals surface area contributed by atoms with E-state index >= 15 is 0 Å². The largest absolute Gasteiger partial charge is 0.771 e. The van der Waals surface area contributed by atoms with E-state index in [1.807, 2.05) is 37.3 Å². The monoisotopic (exact) mass is 509 g/mol. The normalized spacial score (nSPS) is 12.8. The summed E-state index contributed by atoms with van der Waals surface area (Å²) >= 11 is -2.28. The number of aromatic nitrogens is 3. The molecule has 0 spiro atoms. The molecule has 4 aromatic rings. The molecule has 2 unspecified atom stereocenters. The molecule has 0 bridgehead atoms. The lowest BCUT2D eigenvalue weighted by atomic mass is 10.1. The van der Waals surface area contributed by atoms with E-state index in [1.165, 1.54) is 11.7 Å². The van der Waals surface area contributed by atoms with Gasteiger partial charge in [-0.1, -0.05) is 18.2 Å². The number of hydrogen-bond acceptors (Lipinski definition) is 8. The Bertz CT molecular complexity index is 1470. The molecule has 0 aliphatic carbocycles. The first kappa shape index (κ1) is 25.1. The van der Waals surface area contributed by atoms with Crippen LogP contribution < -0.4 is 15.2 Å². The summed E-state index contributed by atoms with van der Waals surface area (Å²) in [6, 6.07) is 16.3. The Labute approximate surface area is 210 Å². The molecule has 36 heavy (non-hydrogen) atoms. The van der Waals surface area contributed by atoms with Gasteiger partial charge in [0.2, 0.25) is 0 Å². The van der Waals surface area contributed by atoms with Gasteiger partial charge < -0.3 is 23.5 Å². The lowest BCUT2D eigenvalue weighted by Crippen LogP contribution is -2.26. The third kappa shape index (κ3) is 5.02. The molecule has 2 aromatic heterocycles. The van der Waals surface area contributed by atoms with Gasteiger partial charge in [-0.05, 0) is 61.3 Å². The minimum absolute atomic E-state index is 0.179. The number of carbonyl (C=O) groups is 1. The molecule has 2 heterocycles. The van der Waals surface area contributed by atoms with Gasteiger partial charge in [0.25, 0.3) is 12.0 Å². The molecular weight excluding hydrogens is 484 g/mol. The van der Waals surface area contributed by atoms with Crippen molar-refractivity contribution in [3.8, 4) is 22.8 Å². The Morgan fingerprint density at radius 2 is 1.94 bits per heavy atom. The third-order valence-corrected chi connectivity index (χ3v) is 6.28.